The molecule has 0 spiro atoms. The Morgan fingerprint density at radius 3 is 2.89 bits per heavy atom. The van der Waals surface area contributed by atoms with Gasteiger partial charge in [-0.05, 0) is 0 Å². The van der Waals surface area contributed by atoms with E-state index in [1.54, 1.807) is 6.07 Å². The lowest BCUT2D eigenvalue weighted by Gasteiger charge is -2.27. The number of rotatable bonds is 4. The number of nitrogens with zero attached hydrogens (tertiary/aromatic N) is 4. The normalized spacial score (nSPS) is 18.6. The minimum atomic E-state index is -0.289. The Hall–Kier alpha value is -1.77. The van der Waals surface area contributed by atoms with Crippen molar-refractivity contribution >= 4 is 0 Å². The molecule has 1 aliphatic rings. The van der Waals surface area contributed by atoms with Gasteiger partial charge in [0.15, 0.2) is 11.5 Å². The Kier molecular flexibility index (Phi) is 3.53. The largest absolute Gasteiger partial charge is 0.379 e. The van der Waals surface area contributed by atoms with Crippen LogP contribution in [-0.4, -0.2) is 53.0 Å². The minimum Gasteiger partial charge on any atom is -0.379 e. The van der Waals surface area contributed by atoms with E-state index in [-0.39, 0.29) is 6.04 Å². The van der Waals surface area contributed by atoms with Crippen LogP contribution in [0.4, 0.5) is 0 Å². The van der Waals surface area contributed by atoms with Gasteiger partial charge in [-0.15, -0.1) is 0 Å². The highest BCUT2D eigenvalue weighted by atomic mass is 16.5. The first-order valence-electron chi connectivity index (χ1n) is 6.13. The molecule has 0 bridgehead atoms. The maximum Gasteiger partial charge on any atom is 0.280 e. The predicted octanol–water partition coefficient (Wildman–Crippen LogP) is 0.0566. The molecular weight excluding hydrogens is 250 g/mol. The summed E-state index contributed by atoms with van der Waals surface area (Å²) < 4.78 is 15.1. The summed E-state index contributed by atoms with van der Waals surface area (Å²) in [7, 11) is 0. The standard InChI is InChI=1S/C11H15N5O3/c12-8(7-16-2-5-17-6-3-16)10-13-11(19-15-10)9-1-4-18-14-9/h1,4,8H,2-3,5-7,12H2. The van der Waals surface area contributed by atoms with Gasteiger partial charge in [-0.3, -0.25) is 4.90 Å². The van der Waals surface area contributed by atoms with E-state index in [0.717, 1.165) is 26.3 Å². The molecule has 2 N–H and O–H groups in total. The van der Waals surface area contributed by atoms with Crippen molar-refractivity contribution in [1.29, 1.82) is 0 Å². The highest BCUT2D eigenvalue weighted by Gasteiger charge is 2.20. The van der Waals surface area contributed by atoms with E-state index < -0.39 is 0 Å². The highest BCUT2D eigenvalue weighted by molar-refractivity contribution is 5.44. The van der Waals surface area contributed by atoms with Crippen molar-refractivity contribution in [2.45, 2.75) is 6.04 Å². The first kappa shape index (κ1) is 12.3. The summed E-state index contributed by atoms with van der Waals surface area (Å²) in [4.78, 5) is 6.46. The molecular formula is C11H15N5O3. The molecule has 0 radical (unpaired) electrons. The Morgan fingerprint density at radius 2 is 2.16 bits per heavy atom. The van der Waals surface area contributed by atoms with Gasteiger partial charge in [0, 0.05) is 25.7 Å². The van der Waals surface area contributed by atoms with E-state index >= 15 is 0 Å². The minimum absolute atomic E-state index is 0.289. The summed E-state index contributed by atoms with van der Waals surface area (Å²) in [5.74, 6) is 0.797. The zero-order valence-corrected chi connectivity index (χ0v) is 10.4. The fraction of sp³-hybridized carbons (Fsp3) is 0.545. The highest BCUT2D eigenvalue weighted by Crippen LogP contribution is 2.17. The molecule has 8 nitrogen and oxygen atoms in total. The quantitative estimate of drug-likeness (QED) is 0.827. The Balaban J connectivity index is 1.65. The van der Waals surface area contributed by atoms with Crippen molar-refractivity contribution in [2.75, 3.05) is 32.8 Å². The van der Waals surface area contributed by atoms with Crippen molar-refractivity contribution in [3.63, 3.8) is 0 Å². The van der Waals surface area contributed by atoms with Crippen molar-refractivity contribution < 1.29 is 13.8 Å². The van der Waals surface area contributed by atoms with Crippen LogP contribution in [0.15, 0.2) is 21.4 Å². The zero-order valence-electron chi connectivity index (χ0n) is 10.4. The summed E-state index contributed by atoms with van der Waals surface area (Å²) in [5.41, 5.74) is 6.59. The maximum atomic E-state index is 6.08. The lowest BCUT2D eigenvalue weighted by molar-refractivity contribution is 0.0348. The average molecular weight is 265 g/mol. The van der Waals surface area contributed by atoms with Crippen molar-refractivity contribution in [1.82, 2.24) is 20.2 Å². The van der Waals surface area contributed by atoms with E-state index in [9.17, 15) is 0 Å². The maximum absolute atomic E-state index is 6.08. The molecule has 102 valence electrons. The Labute approximate surface area is 109 Å². The molecule has 1 unspecified atom stereocenters. The fourth-order valence-electron chi connectivity index (χ4n) is 1.96. The van der Waals surface area contributed by atoms with Gasteiger partial charge >= 0.3 is 0 Å². The molecule has 19 heavy (non-hydrogen) atoms. The summed E-state index contributed by atoms with van der Waals surface area (Å²) in [6, 6.07) is 1.37. The average Bonchev–Trinajstić information content (AvgIpc) is 3.11. The van der Waals surface area contributed by atoms with E-state index in [1.165, 1.54) is 6.26 Å². The molecule has 1 atom stereocenters. The molecule has 3 heterocycles. The van der Waals surface area contributed by atoms with E-state index in [2.05, 4.69) is 20.2 Å². The fourth-order valence-corrected chi connectivity index (χ4v) is 1.96. The summed E-state index contributed by atoms with van der Waals surface area (Å²) in [6.07, 6.45) is 1.45. The van der Waals surface area contributed by atoms with Gasteiger partial charge in [-0.2, -0.15) is 4.98 Å². The number of nitrogens with two attached hydrogens (primary N) is 1. The lowest BCUT2D eigenvalue weighted by Crippen LogP contribution is -2.40. The lowest BCUT2D eigenvalue weighted by atomic mass is 10.2. The third-order valence-corrected chi connectivity index (χ3v) is 2.99. The van der Waals surface area contributed by atoms with Gasteiger partial charge in [0.1, 0.15) is 6.26 Å². The first-order chi connectivity index (χ1) is 9.33. The molecule has 8 heteroatoms. The van der Waals surface area contributed by atoms with Crippen LogP contribution in [-0.2, 0) is 4.74 Å². The molecule has 1 fully saturated rings. The predicted molar refractivity (Wildman–Crippen MR) is 64.0 cm³/mol. The third-order valence-electron chi connectivity index (χ3n) is 2.99. The van der Waals surface area contributed by atoms with E-state index in [1.807, 2.05) is 0 Å². The molecule has 0 aliphatic carbocycles. The van der Waals surface area contributed by atoms with Crippen LogP contribution in [0.5, 0.6) is 0 Å². The van der Waals surface area contributed by atoms with Gasteiger partial charge in [-0.1, -0.05) is 10.3 Å². The summed E-state index contributed by atoms with van der Waals surface area (Å²) >= 11 is 0. The smallest absolute Gasteiger partial charge is 0.280 e. The van der Waals surface area contributed by atoms with Gasteiger partial charge in [-0.25, -0.2) is 0 Å². The molecule has 0 aromatic carbocycles. The van der Waals surface area contributed by atoms with Crippen molar-refractivity contribution in [3.8, 4) is 11.6 Å². The number of morpholine rings is 1. The Bertz CT molecular complexity index is 506. The van der Waals surface area contributed by atoms with Gasteiger partial charge in [0.05, 0.1) is 19.3 Å². The molecule has 0 amide bonds. The van der Waals surface area contributed by atoms with Crippen LogP contribution in [0.1, 0.15) is 11.9 Å². The molecule has 1 aliphatic heterocycles. The second-order valence-corrected chi connectivity index (χ2v) is 4.36. The van der Waals surface area contributed by atoms with Crippen LogP contribution in [0.25, 0.3) is 11.6 Å². The van der Waals surface area contributed by atoms with E-state index in [0.29, 0.717) is 24.0 Å². The number of hydrogen-bond acceptors (Lipinski definition) is 8. The third kappa shape index (κ3) is 2.80. The van der Waals surface area contributed by atoms with Crippen LogP contribution >= 0.6 is 0 Å². The first-order valence-corrected chi connectivity index (χ1v) is 6.13. The number of hydrogen-bond donors (Lipinski definition) is 1. The van der Waals surface area contributed by atoms with Crippen LogP contribution in [0.2, 0.25) is 0 Å². The Morgan fingerprint density at radius 1 is 1.32 bits per heavy atom. The second-order valence-electron chi connectivity index (χ2n) is 4.36. The van der Waals surface area contributed by atoms with Crippen molar-refractivity contribution in [2.24, 2.45) is 5.73 Å². The topological polar surface area (TPSA) is 103 Å². The molecule has 2 aromatic heterocycles. The van der Waals surface area contributed by atoms with Gasteiger partial charge in [0.2, 0.25) is 0 Å². The number of ether oxygens (including phenoxy) is 1. The SMILES string of the molecule is NC(CN1CCOCC1)c1noc(-c2ccon2)n1. The summed E-state index contributed by atoms with van der Waals surface area (Å²) in [6.45, 7) is 3.91. The van der Waals surface area contributed by atoms with Gasteiger partial charge in [0.25, 0.3) is 5.89 Å². The molecule has 2 aromatic rings. The number of aromatic nitrogens is 3. The molecule has 1 saturated heterocycles. The van der Waals surface area contributed by atoms with Crippen LogP contribution < -0.4 is 5.73 Å². The van der Waals surface area contributed by atoms with Gasteiger partial charge < -0.3 is 19.5 Å². The van der Waals surface area contributed by atoms with E-state index in [4.69, 9.17) is 19.5 Å². The van der Waals surface area contributed by atoms with Crippen LogP contribution in [0.3, 0.4) is 0 Å². The summed E-state index contributed by atoms with van der Waals surface area (Å²) in [5, 5.41) is 7.62. The van der Waals surface area contributed by atoms with Crippen LogP contribution in [0, 0.1) is 0 Å². The second kappa shape index (κ2) is 5.47. The zero-order chi connectivity index (χ0) is 13.1. The molecule has 3 rings (SSSR count). The molecule has 0 saturated carbocycles. The van der Waals surface area contributed by atoms with Crippen molar-refractivity contribution in [3.05, 3.63) is 18.2 Å². The monoisotopic (exact) mass is 265 g/mol.